The predicted octanol–water partition coefficient (Wildman–Crippen LogP) is 2.85. The smallest absolute Gasteiger partial charge is 0.184 e. The fraction of sp³-hybridized carbons (Fsp3) is 0.214. The fourth-order valence-corrected chi connectivity index (χ4v) is 1.73. The van der Waals surface area contributed by atoms with E-state index in [2.05, 4.69) is 10.3 Å². The molecule has 1 aromatic heterocycles. The van der Waals surface area contributed by atoms with E-state index in [0.717, 1.165) is 11.4 Å². The molecule has 0 aliphatic carbocycles. The highest BCUT2D eigenvalue weighted by Gasteiger charge is 2.10. The molecule has 0 bridgehead atoms. The van der Waals surface area contributed by atoms with Gasteiger partial charge >= 0.3 is 0 Å². The normalized spacial score (nSPS) is 10.1. The Morgan fingerprint density at radius 2 is 1.84 bits per heavy atom. The molecule has 0 saturated heterocycles. The van der Waals surface area contributed by atoms with Crippen molar-refractivity contribution >= 4 is 5.69 Å². The van der Waals surface area contributed by atoms with E-state index in [1.807, 2.05) is 0 Å². The third-order valence-electron chi connectivity index (χ3n) is 2.67. The molecule has 0 atom stereocenters. The number of rotatable bonds is 5. The van der Waals surface area contributed by atoms with Gasteiger partial charge in [0.15, 0.2) is 11.5 Å². The first kappa shape index (κ1) is 13.1. The number of anilines is 1. The Morgan fingerprint density at radius 1 is 1.11 bits per heavy atom. The molecule has 0 aliphatic heterocycles. The molecule has 0 aliphatic rings. The van der Waals surface area contributed by atoms with Crippen molar-refractivity contribution in [3.8, 4) is 11.5 Å². The van der Waals surface area contributed by atoms with Gasteiger partial charge in [-0.2, -0.15) is 0 Å². The fourth-order valence-electron chi connectivity index (χ4n) is 1.73. The van der Waals surface area contributed by atoms with Gasteiger partial charge in [-0.05, 0) is 24.3 Å². The maximum Gasteiger partial charge on any atom is 0.184 e. The van der Waals surface area contributed by atoms with E-state index in [-0.39, 0.29) is 5.82 Å². The van der Waals surface area contributed by atoms with Gasteiger partial charge in [0.25, 0.3) is 0 Å². The van der Waals surface area contributed by atoms with Crippen molar-refractivity contribution < 1.29 is 13.9 Å². The minimum atomic E-state index is -0.261. The largest absolute Gasteiger partial charge is 0.493 e. The summed E-state index contributed by atoms with van der Waals surface area (Å²) in [6, 6.07) is 7.88. The SMILES string of the molecule is COc1ccnc(CNc2ccc(F)cc2)c1OC. The number of nitrogens with zero attached hydrogens (tertiary/aromatic N) is 1. The Bertz CT molecular complexity index is 544. The van der Waals surface area contributed by atoms with Crippen LogP contribution in [0.2, 0.25) is 0 Å². The average molecular weight is 262 g/mol. The van der Waals surface area contributed by atoms with Gasteiger partial charge in [-0.15, -0.1) is 0 Å². The summed E-state index contributed by atoms with van der Waals surface area (Å²) in [5, 5.41) is 3.15. The van der Waals surface area contributed by atoms with Gasteiger partial charge in [0.2, 0.25) is 0 Å². The first-order chi connectivity index (χ1) is 9.24. The van der Waals surface area contributed by atoms with Crippen molar-refractivity contribution in [1.29, 1.82) is 0 Å². The van der Waals surface area contributed by atoms with Crippen LogP contribution in [0.25, 0.3) is 0 Å². The van der Waals surface area contributed by atoms with E-state index >= 15 is 0 Å². The Kier molecular flexibility index (Phi) is 4.18. The standard InChI is InChI=1S/C14H15FN2O2/c1-18-13-7-8-16-12(14(13)19-2)9-17-11-5-3-10(15)4-6-11/h3-8,17H,9H2,1-2H3. The van der Waals surface area contributed by atoms with Crippen LogP contribution in [0.3, 0.4) is 0 Å². The van der Waals surface area contributed by atoms with E-state index in [4.69, 9.17) is 9.47 Å². The van der Waals surface area contributed by atoms with Crippen LogP contribution in [-0.2, 0) is 6.54 Å². The molecule has 2 aromatic rings. The van der Waals surface area contributed by atoms with Crippen molar-refractivity contribution in [2.24, 2.45) is 0 Å². The summed E-state index contributed by atoms with van der Waals surface area (Å²) < 4.78 is 23.3. The molecule has 4 nitrogen and oxygen atoms in total. The number of methoxy groups -OCH3 is 2. The molecule has 0 spiro atoms. The van der Waals surface area contributed by atoms with Gasteiger partial charge in [-0.3, -0.25) is 4.98 Å². The molecule has 1 heterocycles. The Balaban J connectivity index is 2.13. The van der Waals surface area contributed by atoms with Crippen molar-refractivity contribution in [1.82, 2.24) is 4.98 Å². The molecular formula is C14H15FN2O2. The molecule has 0 radical (unpaired) electrons. The van der Waals surface area contributed by atoms with Crippen LogP contribution in [0.15, 0.2) is 36.5 Å². The molecular weight excluding hydrogens is 247 g/mol. The van der Waals surface area contributed by atoms with Crippen molar-refractivity contribution in [2.45, 2.75) is 6.54 Å². The second-order valence-electron chi connectivity index (χ2n) is 3.85. The van der Waals surface area contributed by atoms with Crippen molar-refractivity contribution in [2.75, 3.05) is 19.5 Å². The lowest BCUT2D eigenvalue weighted by molar-refractivity contribution is 0.350. The highest BCUT2D eigenvalue weighted by atomic mass is 19.1. The van der Waals surface area contributed by atoms with E-state index in [9.17, 15) is 4.39 Å². The van der Waals surface area contributed by atoms with Gasteiger partial charge in [0, 0.05) is 18.0 Å². The van der Waals surface area contributed by atoms with Gasteiger partial charge < -0.3 is 14.8 Å². The lowest BCUT2D eigenvalue weighted by atomic mass is 10.2. The lowest BCUT2D eigenvalue weighted by Gasteiger charge is -2.12. The second-order valence-corrected chi connectivity index (χ2v) is 3.85. The van der Waals surface area contributed by atoms with Gasteiger partial charge in [-0.1, -0.05) is 0 Å². The third-order valence-corrected chi connectivity index (χ3v) is 2.67. The number of aromatic nitrogens is 1. The summed E-state index contributed by atoms with van der Waals surface area (Å²) in [6.45, 7) is 0.464. The molecule has 19 heavy (non-hydrogen) atoms. The van der Waals surface area contributed by atoms with E-state index < -0.39 is 0 Å². The molecule has 0 saturated carbocycles. The minimum Gasteiger partial charge on any atom is -0.493 e. The number of benzene rings is 1. The molecule has 0 fully saturated rings. The van der Waals surface area contributed by atoms with Crippen LogP contribution in [0.1, 0.15) is 5.69 Å². The number of halogens is 1. The molecule has 0 amide bonds. The summed E-state index contributed by atoms with van der Waals surface area (Å²) in [4.78, 5) is 4.25. The van der Waals surface area contributed by atoms with Crippen LogP contribution >= 0.6 is 0 Å². The maximum absolute atomic E-state index is 12.8. The molecule has 1 aromatic carbocycles. The first-order valence-corrected chi connectivity index (χ1v) is 5.80. The number of nitrogens with one attached hydrogen (secondary N) is 1. The monoisotopic (exact) mass is 262 g/mol. The average Bonchev–Trinajstić information content (AvgIpc) is 2.46. The van der Waals surface area contributed by atoms with Crippen LogP contribution in [0.5, 0.6) is 11.5 Å². The number of ether oxygens (including phenoxy) is 2. The zero-order valence-electron chi connectivity index (χ0n) is 10.8. The number of hydrogen-bond donors (Lipinski definition) is 1. The first-order valence-electron chi connectivity index (χ1n) is 5.80. The lowest BCUT2D eigenvalue weighted by Crippen LogP contribution is -2.05. The predicted molar refractivity (Wildman–Crippen MR) is 71.1 cm³/mol. The van der Waals surface area contributed by atoms with E-state index in [0.29, 0.717) is 18.0 Å². The summed E-state index contributed by atoms with van der Waals surface area (Å²) >= 11 is 0. The van der Waals surface area contributed by atoms with Gasteiger partial charge in [0.05, 0.1) is 20.8 Å². The van der Waals surface area contributed by atoms with Gasteiger partial charge in [0.1, 0.15) is 11.5 Å². The van der Waals surface area contributed by atoms with Crippen LogP contribution in [-0.4, -0.2) is 19.2 Å². The molecule has 2 rings (SSSR count). The quantitative estimate of drug-likeness (QED) is 0.899. The Hall–Kier alpha value is -2.30. The zero-order chi connectivity index (χ0) is 13.7. The second kappa shape index (κ2) is 6.04. The Morgan fingerprint density at radius 3 is 2.47 bits per heavy atom. The summed E-state index contributed by atoms with van der Waals surface area (Å²) in [7, 11) is 3.15. The van der Waals surface area contributed by atoms with Crippen molar-refractivity contribution in [3.63, 3.8) is 0 Å². The topological polar surface area (TPSA) is 43.4 Å². The zero-order valence-corrected chi connectivity index (χ0v) is 10.8. The number of hydrogen-bond acceptors (Lipinski definition) is 4. The van der Waals surface area contributed by atoms with Gasteiger partial charge in [-0.25, -0.2) is 4.39 Å². The van der Waals surface area contributed by atoms with E-state index in [1.165, 1.54) is 12.1 Å². The summed E-state index contributed by atoms with van der Waals surface area (Å²) in [5.74, 6) is 0.968. The third kappa shape index (κ3) is 3.13. The molecule has 100 valence electrons. The minimum absolute atomic E-state index is 0.261. The Labute approximate surface area is 111 Å². The summed E-state index contributed by atoms with van der Waals surface area (Å²) in [5.41, 5.74) is 1.54. The van der Waals surface area contributed by atoms with Crippen LogP contribution in [0.4, 0.5) is 10.1 Å². The molecule has 1 N–H and O–H groups in total. The molecule has 5 heteroatoms. The number of pyridine rings is 1. The highest BCUT2D eigenvalue weighted by Crippen LogP contribution is 2.29. The van der Waals surface area contributed by atoms with Crippen molar-refractivity contribution in [3.05, 3.63) is 48.0 Å². The molecule has 0 unspecified atom stereocenters. The van der Waals surface area contributed by atoms with E-state index in [1.54, 1.807) is 38.6 Å². The highest BCUT2D eigenvalue weighted by molar-refractivity contribution is 5.47. The summed E-state index contributed by atoms with van der Waals surface area (Å²) in [6.07, 6.45) is 1.66. The van der Waals surface area contributed by atoms with Crippen LogP contribution in [0, 0.1) is 5.82 Å². The maximum atomic E-state index is 12.8. The van der Waals surface area contributed by atoms with Crippen LogP contribution < -0.4 is 14.8 Å².